The van der Waals surface area contributed by atoms with Crippen molar-refractivity contribution in [2.24, 2.45) is 5.73 Å². The fourth-order valence-corrected chi connectivity index (χ4v) is 2.27. The predicted octanol–water partition coefficient (Wildman–Crippen LogP) is 0.816. The van der Waals surface area contributed by atoms with Crippen LogP contribution in [0.1, 0.15) is 32.0 Å². The number of piperazine rings is 1. The quantitative estimate of drug-likeness (QED) is 0.830. The lowest BCUT2D eigenvalue weighted by Crippen LogP contribution is -2.55. The first-order chi connectivity index (χ1) is 8.63. The highest BCUT2D eigenvalue weighted by molar-refractivity contribution is 5.86. The van der Waals surface area contributed by atoms with E-state index in [1.165, 1.54) is 0 Å². The summed E-state index contributed by atoms with van der Waals surface area (Å²) in [6.45, 7) is 5.44. The smallest absolute Gasteiger partial charge is 0.242 e. The van der Waals surface area contributed by atoms with Crippen LogP contribution in [-0.2, 0) is 4.79 Å². The number of anilines is 1. The molecule has 0 aromatic carbocycles. The normalized spacial score (nSPS) is 21.6. The summed E-state index contributed by atoms with van der Waals surface area (Å²) < 4.78 is 0. The molecule has 3 N–H and O–H groups in total. The van der Waals surface area contributed by atoms with Gasteiger partial charge in [-0.05, 0) is 25.5 Å². The summed E-state index contributed by atoms with van der Waals surface area (Å²) in [6.07, 6.45) is 2.60. The molecule has 98 valence electrons. The molecule has 1 fully saturated rings. The van der Waals surface area contributed by atoms with Crippen molar-refractivity contribution >= 4 is 11.6 Å². The minimum Gasteiger partial charge on any atom is -0.357 e. The van der Waals surface area contributed by atoms with Gasteiger partial charge in [0.15, 0.2) is 0 Å². The molecule has 0 saturated carbocycles. The molecule has 2 atom stereocenters. The Bertz CT molecular complexity index is 416. The van der Waals surface area contributed by atoms with Gasteiger partial charge in [-0.15, -0.1) is 0 Å². The third-order valence-electron chi connectivity index (χ3n) is 3.29. The average molecular weight is 248 g/mol. The first-order valence-corrected chi connectivity index (χ1v) is 6.39. The van der Waals surface area contributed by atoms with Gasteiger partial charge in [-0.2, -0.15) is 0 Å². The van der Waals surface area contributed by atoms with Crippen molar-refractivity contribution in [3.8, 4) is 0 Å². The molecule has 2 heterocycles. The summed E-state index contributed by atoms with van der Waals surface area (Å²) in [5.41, 5.74) is 7.63. The van der Waals surface area contributed by atoms with Crippen LogP contribution in [0.25, 0.3) is 0 Å². The van der Waals surface area contributed by atoms with Gasteiger partial charge in [0.05, 0.1) is 17.6 Å². The molecule has 1 aromatic rings. The summed E-state index contributed by atoms with van der Waals surface area (Å²) in [6, 6.07) is 3.76. The minimum atomic E-state index is -0.0956. The van der Waals surface area contributed by atoms with Gasteiger partial charge in [0.25, 0.3) is 0 Å². The third kappa shape index (κ3) is 2.46. The van der Waals surface area contributed by atoms with Crippen LogP contribution in [0.5, 0.6) is 0 Å². The Morgan fingerprint density at radius 2 is 2.39 bits per heavy atom. The van der Waals surface area contributed by atoms with E-state index in [1.54, 1.807) is 6.20 Å². The number of carbonyl (C=O) groups excluding carboxylic acids is 1. The van der Waals surface area contributed by atoms with Crippen LogP contribution in [0, 0.1) is 0 Å². The highest BCUT2D eigenvalue weighted by atomic mass is 16.2. The molecule has 18 heavy (non-hydrogen) atoms. The molecule has 5 heteroatoms. The molecular formula is C13H20N4O. The Balaban J connectivity index is 2.21. The van der Waals surface area contributed by atoms with E-state index in [1.807, 2.05) is 26.0 Å². The van der Waals surface area contributed by atoms with Gasteiger partial charge in [-0.3, -0.25) is 9.78 Å². The van der Waals surface area contributed by atoms with Crippen molar-refractivity contribution < 1.29 is 4.79 Å². The molecule has 1 saturated heterocycles. The van der Waals surface area contributed by atoms with Crippen LogP contribution in [0.4, 0.5) is 5.69 Å². The Labute approximate surface area is 107 Å². The first kappa shape index (κ1) is 12.8. The molecule has 1 aliphatic rings. The van der Waals surface area contributed by atoms with E-state index < -0.39 is 0 Å². The maximum absolute atomic E-state index is 11.8. The fraction of sp³-hybridized carbons (Fsp3) is 0.538. The van der Waals surface area contributed by atoms with Crippen LogP contribution in [0.3, 0.4) is 0 Å². The minimum absolute atomic E-state index is 0.0642. The van der Waals surface area contributed by atoms with Crippen molar-refractivity contribution in [3.05, 3.63) is 24.0 Å². The molecule has 1 unspecified atom stereocenters. The second-order valence-electron chi connectivity index (χ2n) is 4.64. The van der Waals surface area contributed by atoms with E-state index in [0.717, 1.165) is 24.3 Å². The molecular weight excluding hydrogens is 228 g/mol. The summed E-state index contributed by atoms with van der Waals surface area (Å²) in [5.74, 6) is 0.0972. The number of pyridine rings is 1. The Morgan fingerprint density at radius 1 is 1.61 bits per heavy atom. The number of aromatic nitrogens is 1. The van der Waals surface area contributed by atoms with Gasteiger partial charge in [0, 0.05) is 19.1 Å². The Morgan fingerprint density at radius 3 is 2.94 bits per heavy atom. The van der Waals surface area contributed by atoms with E-state index in [0.29, 0.717) is 6.54 Å². The average Bonchev–Trinajstić information content (AvgIpc) is 2.38. The lowest BCUT2D eigenvalue weighted by Gasteiger charge is -2.36. The topological polar surface area (TPSA) is 71.2 Å². The van der Waals surface area contributed by atoms with Crippen LogP contribution in [0.15, 0.2) is 18.3 Å². The zero-order valence-electron chi connectivity index (χ0n) is 10.9. The van der Waals surface area contributed by atoms with E-state index in [4.69, 9.17) is 5.73 Å². The SMILES string of the molecule is CCC1C(=O)NCCN1c1ccc([C@@H](C)N)nc1. The van der Waals surface area contributed by atoms with Gasteiger partial charge in [-0.25, -0.2) is 0 Å². The van der Waals surface area contributed by atoms with Crippen LogP contribution in [0.2, 0.25) is 0 Å². The zero-order valence-corrected chi connectivity index (χ0v) is 10.9. The van der Waals surface area contributed by atoms with Crippen molar-refractivity contribution in [2.45, 2.75) is 32.4 Å². The second kappa shape index (κ2) is 5.35. The maximum atomic E-state index is 11.8. The van der Waals surface area contributed by atoms with Crippen LogP contribution in [-0.4, -0.2) is 30.0 Å². The third-order valence-corrected chi connectivity index (χ3v) is 3.29. The number of hydrogen-bond donors (Lipinski definition) is 2. The number of rotatable bonds is 3. The second-order valence-corrected chi connectivity index (χ2v) is 4.64. The monoisotopic (exact) mass is 248 g/mol. The van der Waals surface area contributed by atoms with Crippen molar-refractivity contribution in [3.63, 3.8) is 0 Å². The molecule has 1 aliphatic heterocycles. The highest BCUT2D eigenvalue weighted by Gasteiger charge is 2.28. The van der Waals surface area contributed by atoms with Gasteiger partial charge < -0.3 is 16.0 Å². The fourth-order valence-electron chi connectivity index (χ4n) is 2.27. The van der Waals surface area contributed by atoms with E-state index in [-0.39, 0.29) is 18.0 Å². The molecule has 2 rings (SSSR count). The zero-order chi connectivity index (χ0) is 13.1. The molecule has 0 bridgehead atoms. The lowest BCUT2D eigenvalue weighted by molar-refractivity contribution is -0.123. The van der Waals surface area contributed by atoms with E-state index in [9.17, 15) is 4.79 Å². The summed E-state index contributed by atoms with van der Waals surface area (Å²) in [7, 11) is 0. The molecule has 0 aliphatic carbocycles. The van der Waals surface area contributed by atoms with Crippen LogP contribution < -0.4 is 16.0 Å². The van der Waals surface area contributed by atoms with Crippen molar-refractivity contribution in [2.75, 3.05) is 18.0 Å². The largest absolute Gasteiger partial charge is 0.357 e. The summed E-state index contributed by atoms with van der Waals surface area (Å²) in [4.78, 5) is 18.2. The first-order valence-electron chi connectivity index (χ1n) is 6.39. The Hall–Kier alpha value is -1.62. The van der Waals surface area contributed by atoms with Gasteiger partial charge >= 0.3 is 0 Å². The van der Waals surface area contributed by atoms with Gasteiger partial charge in [0.1, 0.15) is 6.04 Å². The number of amides is 1. The Kier molecular flexibility index (Phi) is 3.81. The lowest BCUT2D eigenvalue weighted by atomic mass is 10.1. The molecule has 0 radical (unpaired) electrons. The number of nitrogens with one attached hydrogen (secondary N) is 1. The van der Waals surface area contributed by atoms with Crippen molar-refractivity contribution in [1.29, 1.82) is 0 Å². The number of hydrogen-bond acceptors (Lipinski definition) is 4. The molecule has 0 spiro atoms. The number of nitrogens with two attached hydrogens (primary N) is 1. The number of nitrogens with zero attached hydrogens (tertiary/aromatic N) is 2. The number of carbonyl (C=O) groups is 1. The molecule has 5 nitrogen and oxygen atoms in total. The summed E-state index contributed by atoms with van der Waals surface area (Å²) >= 11 is 0. The highest BCUT2D eigenvalue weighted by Crippen LogP contribution is 2.20. The van der Waals surface area contributed by atoms with E-state index >= 15 is 0 Å². The summed E-state index contributed by atoms with van der Waals surface area (Å²) in [5, 5.41) is 2.89. The van der Waals surface area contributed by atoms with Crippen molar-refractivity contribution in [1.82, 2.24) is 10.3 Å². The predicted molar refractivity (Wildman–Crippen MR) is 71.3 cm³/mol. The molecule has 1 aromatic heterocycles. The van der Waals surface area contributed by atoms with Gasteiger partial charge in [0.2, 0.25) is 5.91 Å². The van der Waals surface area contributed by atoms with Crippen LogP contribution >= 0.6 is 0 Å². The maximum Gasteiger partial charge on any atom is 0.242 e. The van der Waals surface area contributed by atoms with Gasteiger partial charge in [-0.1, -0.05) is 6.92 Å². The molecule has 1 amide bonds. The standard InChI is InChI=1S/C13H20N4O/c1-3-12-13(18)15-6-7-17(12)10-4-5-11(9(2)14)16-8-10/h4-5,8-9,12H,3,6-7,14H2,1-2H3,(H,15,18)/t9-,12?/m1/s1. The van der Waals surface area contributed by atoms with E-state index in [2.05, 4.69) is 15.2 Å².